The van der Waals surface area contributed by atoms with E-state index in [1.807, 2.05) is 0 Å². The van der Waals surface area contributed by atoms with Gasteiger partial charge in [0, 0.05) is 49.7 Å². The number of hydrogen-bond acceptors (Lipinski definition) is 6. The van der Waals surface area contributed by atoms with Crippen molar-refractivity contribution in [1.29, 1.82) is 0 Å². The summed E-state index contributed by atoms with van der Waals surface area (Å²) in [6, 6.07) is 4.62. The first-order valence-corrected chi connectivity index (χ1v) is 9.45. The molecule has 1 aromatic carbocycles. The average molecular weight is 426 g/mol. The zero-order valence-electron chi connectivity index (χ0n) is 15.9. The molecule has 0 unspecified atom stereocenters. The predicted octanol–water partition coefficient (Wildman–Crippen LogP) is 2.33. The lowest BCUT2D eigenvalue weighted by Gasteiger charge is -2.35. The van der Waals surface area contributed by atoms with Crippen LogP contribution in [-0.4, -0.2) is 63.7 Å². The van der Waals surface area contributed by atoms with Gasteiger partial charge < -0.3 is 9.64 Å². The summed E-state index contributed by atoms with van der Waals surface area (Å²) in [5.74, 6) is -0.478. The zero-order valence-corrected chi connectivity index (χ0v) is 16.6. The summed E-state index contributed by atoms with van der Waals surface area (Å²) in [4.78, 5) is 26.6. The molecular weight excluding hydrogens is 405 g/mol. The summed E-state index contributed by atoms with van der Waals surface area (Å²) in [6.45, 7) is 2.87. The lowest BCUT2D eigenvalue weighted by molar-refractivity contribution is -0.385. The highest BCUT2D eigenvalue weighted by Gasteiger charge is 2.24. The van der Waals surface area contributed by atoms with Crippen molar-refractivity contribution < 1.29 is 18.8 Å². The Labute approximate surface area is 171 Å². The molecule has 2 aromatic rings. The molecule has 0 radical (unpaired) electrons. The number of ether oxygens (including phenoxy) is 1. The maximum absolute atomic E-state index is 13.9. The summed E-state index contributed by atoms with van der Waals surface area (Å²) in [5.41, 5.74) is 0.225. The Balaban J connectivity index is 1.50. The minimum Gasteiger partial charge on any atom is -0.475 e. The molecule has 1 aliphatic rings. The molecule has 0 aliphatic carbocycles. The van der Waals surface area contributed by atoms with Gasteiger partial charge in [-0.2, -0.15) is 0 Å². The van der Waals surface area contributed by atoms with Crippen LogP contribution in [0.3, 0.4) is 0 Å². The normalized spacial score (nSPS) is 14.8. The second kappa shape index (κ2) is 9.19. The molecule has 1 amide bonds. The van der Waals surface area contributed by atoms with Crippen molar-refractivity contribution in [3.05, 3.63) is 50.9 Å². The van der Waals surface area contributed by atoms with E-state index in [0.29, 0.717) is 43.3 Å². The maximum Gasteiger partial charge on any atom is 0.350 e. The second-order valence-corrected chi connectivity index (χ2v) is 7.06. The molecular formula is C18H21ClFN5O4. The van der Waals surface area contributed by atoms with E-state index in [-0.39, 0.29) is 36.3 Å². The highest BCUT2D eigenvalue weighted by molar-refractivity contribution is 6.31. The molecule has 0 bridgehead atoms. The number of aromatic nitrogens is 2. The Morgan fingerprint density at radius 2 is 2.07 bits per heavy atom. The Morgan fingerprint density at radius 1 is 1.34 bits per heavy atom. The van der Waals surface area contributed by atoms with Crippen molar-refractivity contribution >= 4 is 23.2 Å². The van der Waals surface area contributed by atoms with Crippen LogP contribution >= 0.6 is 11.6 Å². The molecule has 1 aliphatic heterocycles. The van der Waals surface area contributed by atoms with Crippen molar-refractivity contribution in [2.75, 3.05) is 33.3 Å². The minimum absolute atomic E-state index is 0.0642. The number of halogens is 2. The van der Waals surface area contributed by atoms with Crippen LogP contribution in [0.2, 0.25) is 5.02 Å². The number of nitrogens with zero attached hydrogens (tertiary/aromatic N) is 5. The van der Waals surface area contributed by atoms with E-state index in [1.165, 1.54) is 24.1 Å². The van der Waals surface area contributed by atoms with Crippen molar-refractivity contribution in [2.24, 2.45) is 0 Å². The minimum atomic E-state index is -0.578. The standard InChI is InChI=1S/C18H21ClFN5O4/c1-29-18-16(25(27)28)12-24(21-18)6-5-17(26)23-9-7-22(8-10-23)11-13-14(19)3-2-4-15(13)20/h2-4,12H,5-11H2,1H3. The van der Waals surface area contributed by atoms with E-state index in [2.05, 4.69) is 10.00 Å². The van der Waals surface area contributed by atoms with Crippen LogP contribution in [0.15, 0.2) is 24.4 Å². The Kier molecular flexibility index (Phi) is 6.65. The van der Waals surface area contributed by atoms with Crippen molar-refractivity contribution in [1.82, 2.24) is 19.6 Å². The summed E-state index contributed by atoms with van der Waals surface area (Å²) in [5, 5.41) is 15.3. The third-order valence-electron chi connectivity index (χ3n) is 4.82. The van der Waals surface area contributed by atoms with Gasteiger partial charge >= 0.3 is 11.6 Å². The molecule has 156 valence electrons. The molecule has 9 nitrogen and oxygen atoms in total. The lowest BCUT2D eigenvalue weighted by Crippen LogP contribution is -2.48. The van der Waals surface area contributed by atoms with E-state index in [0.717, 1.165) is 0 Å². The van der Waals surface area contributed by atoms with E-state index < -0.39 is 4.92 Å². The number of piperazine rings is 1. The molecule has 1 aromatic heterocycles. The molecule has 11 heteroatoms. The van der Waals surface area contributed by atoms with E-state index in [4.69, 9.17) is 16.3 Å². The number of aryl methyl sites for hydroxylation is 1. The molecule has 0 spiro atoms. The van der Waals surface area contributed by atoms with Crippen molar-refractivity contribution in [3.8, 4) is 5.88 Å². The number of amides is 1. The molecule has 1 fully saturated rings. The van der Waals surface area contributed by atoms with Gasteiger partial charge in [-0.3, -0.25) is 24.5 Å². The Hall–Kier alpha value is -2.72. The van der Waals surface area contributed by atoms with Gasteiger partial charge in [0.25, 0.3) is 0 Å². The summed E-state index contributed by atoms with van der Waals surface area (Å²) in [6.07, 6.45) is 1.42. The Morgan fingerprint density at radius 3 is 2.66 bits per heavy atom. The van der Waals surface area contributed by atoms with Gasteiger partial charge in [-0.05, 0) is 12.1 Å². The first-order valence-electron chi connectivity index (χ1n) is 9.08. The first kappa shape index (κ1) is 21.0. The Bertz CT molecular complexity index is 878. The molecule has 0 N–H and O–H groups in total. The highest BCUT2D eigenvalue weighted by atomic mass is 35.5. The number of carbonyl (C=O) groups is 1. The van der Waals surface area contributed by atoms with Crippen LogP contribution in [0.1, 0.15) is 12.0 Å². The fourth-order valence-corrected chi connectivity index (χ4v) is 3.43. The van der Waals surface area contributed by atoms with Crippen LogP contribution < -0.4 is 4.74 Å². The number of nitro groups is 1. The number of hydrogen-bond donors (Lipinski definition) is 0. The maximum atomic E-state index is 13.9. The molecule has 3 rings (SSSR count). The number of methoxy groups -OCH3 is 1. The topological polar surface area (TPSA) is 93.7 Å². The van der Waals surface area contributed by atoms with E-state index >= 15 is 0 Å². The lowest BCUT2D eigenvalue weighted by atomic mass is 10.1. The summed E-state index contributed by atoms with van der Waals surface area (Å²) < 4.78 is 20.2. The molecule has 2 heterocycles. The molecule has 0 saturated carbocycles. The molecule has 29 heavy (non-hydrogen) atoms. The quantitative estimate of drug-likeness (QED) is 0.499. The van der Waals surface area contributed by atoms with Gasteiger partial charge in [0.15, 0.2) is 0 Å². The van der Waals surface area contributed by atoms with Gasteiger partial charge in [-0.15, -0.1) is 5.10 Å². The number of carbonyl (C=O) groups excluding carboxylic acids is 1. The third kappa shape index (κ3) is 5.01. The average Bonchev–Trinajstić information content (AvgIpc) is 3.13. The van der Waals surface area contributed by atoms with Crippen LogP contribution in [-0.2, 0) is 17.9 Å². The van der Waals surface area contributed by atoms with Crippen LogP contribution in [0.4, 0.5) is 10.1 Å². The van der Waals surface area contributed by atoms with Crippen LogP contribution in [0, 0.1) is 15.9 Å². The van der Waals surface area contributed by atoms with Crippen LogP contribution in [0.25, 0.3) is 0 Å². The van der Waals surface area contributed by atoms with E-state index in [1.54, 1.807) is 17.0 Å². The van der Waals surface area contributed by atoms with Gasteiger partial charge in [0.2, 0.25) is 5.91 Å². The van der Waals surface area contributed by atoms with Gasteiger partial charge in [-0.1, -0.05) is 17.7 Å². The fraction of sp³-hybridized carbons (Fsp3) is 0.444. The predicted molar refractivity (Wildman–Crippen MR) is 103 cm³/mol. The summed E-state index contributed by atoms with van der Waals surface area (Å²) in [7, 11) is 1.30. The smallest absolute Gasteiger partial charge is 0.350 e. The SMILES string of the molecule is COc1nn(CCC(=O)N2CCN(Cc3c(F)cccc3Cl)CC2)cc1[N+](=O)[O-]. The van der Waals surface area contributed by atoms with Gasteiger partial charge in [0.1, 0.15) is 12.0 Å². The number of benzene rings is 1. The zero-order chi connectivity index (χ0) is 21.0. The summed E-state index contributed by atoms with van der Waals surface area (Å²) >= 11 is 6.08. The molecule has 0 atom stereocenters. The third-order valence-corrected chi connectivity index (χ3v) is 5.18. The fourth-order valence-electron chi connectivity index (χ4n) is 3.21. The first-order chi connectivity index (χ1) is 13.9. The monoisotopic (exact) mass is 425 g/mol. The highest BCUT2D eigenvalue weighted by Crippen LogP contribution is 2.24. The molecule has 1 saturated heterocycles. The second-order valence-electron chi connectivity index (χ2n) is 6.65. The van der Waals surface area contributed by atoms with Crippen molar-refractivity contribution in [3.63, 3.8) is 0 Å². The van der Waals surface area contributed by atoms with E-state index in [9.17, 15) is 19.3 Å². The van der Waals surface area contributed by atoms with Crippen LogP contribution in [0.5, 0.6) is 5.88 Å². The largest absolute Gasteiger partial charge is 0.475 e. The van der Waals surface area contributed by atoms with Crippen molar-refractivity contribution in [2.45, 2.75) is 19.5 Å². The van der Waals surface area contributed by atoms with Gasteiger partial charge in [0.05, 0.1) is 18.6 Å². The number of rotatable bonds is 7. The van der Waals surface area contributed by atoms with Gasteiger partial charge in [-0.25, -0.2) is 4.39 Å².